The van der Waals surface area contributed by atoms with E-state index in [0.29, 0.717) is 10.6 Å². The summed E-state index contributed by atoms with van der Waals surface area (Å²) < 4.78 is 46.9. The molecule has 0 saturated carbocycles. The number of carbonyl (C=O) groups is 1. The van der Waals surface area contributed by atoms with Crippen molar-refractivity contribution in [2.24, 2.45) is 0 Å². The van der Waals surface area contributed by atoms with Gasteiger partial charge in [0.1, 0.15) is 29.2 Å². The van der Waals surface area contributed by atoms with Crippen molar-refractivity contribution in [2.75, 3.05) is 11.7 Å². The fourth-order valence-corrected chi connectivity index (χ4v) is 5.61. The molecular weight excluding hydrogens is 411 g/mol. The summed E-state index contributed by atoms with van der Waals surface area (Å²) in [7, 11) is -4.17. The molecule has 148 valence electrons. The highest BCUT2D eigenvalue weighted by atomic mass is 35.5. The molecule has 7 nitrogen and oxygen atoms in total. The number of benzene rings is 2. The fourth-order valence-electron chi connectivity index (χ4n) is 3.69. The molecule has 0 spiro atoms. The zero-order valence-electron chi connectivity index (χ0n) is 14.9. The number of halogens is 2. The van der Waals surface area contributed by atoms with Gasteiger partial charge in [0.25, 0.3) is 0 Å². The maximum atomic E-state index is 14.5. The van der Waals surface area contributed by atoms with Crippen LogP contribution in [-0.4, -0.2) is 36.6 Å². The molecule has 0 aliphatic carbocycles. The first-order valence-corrected chi connectivity index (χ1v) is 10.2. The van der Waals surface area contributed by atoms with Crippen LogP contribution in [0.1, 0.15) is 24.0 Å². The van der Waals surface area contributed by atoms with Crippen LogP contribution in [0.5, 0.6) is 5.75 Å². The number of anilines is 1. The van der Waals surface area contributed by atoms with E-state index in [0.717, 1.165) is 4.31 Å². The monoisotopic (exact) mass is 426 g/mol. The fraction of sp³-hybridized carbons (Fsp3) is 0.278. The van der Waals surface area contributed by atoms with E-state index in [1.807, 2.05) is 0 Å². The predicted molar refractivity (Wildman–Crippen MR) is 98.6 cm³/mol. The third-order valence-electron chi connectivity index (χ3n) is 5.08. The molecular formula is C18H16ClFN2O5S. The van der Waals surface area contributed by atoms with Gasteiger partial charge >= 0.3 is 5.97 Å². The molecule has 0 bridgehead atoms. The summed E-state index contributed by atoms with van der Waals surface area (Å²) >= 11 is 5.89. The first-order chi connectivity index (χ1) is 13.1. The highest BCUT2D eigenvalue weighted by molar-refractivity contribution is 7.89. The van der Waals surface area contributed by atoms with E-state index >= 15 is 0 Å². The number of ether oxygens (including phenoxy) is 1. The molecule has 2 aromatic rings. The van der Waals surface area contributed by atoms with Crippen molar-refractivity contribution < 1.29 is 27.5 Å². The van der Waals surface area contributed by atoms with E-state index in [2.05, 4.69) is 0 Å². The summed E-state index contributed by atoms with van der Waals surface area (Å²) in [6.07, 6.45) is 0. The summed E-state index contributed by atoms with van der Waals surface area (Å²) in [4.78, 5) is 12.5. The van der Waals surface area contributed by atoms with Crippen LogP contribution in [-0.2, 0) is 14.8 Å². The average molecular weight is 427 g/mol. The number of carbonyl (C=O) groups excluding carboxylic acids is 1. The van der Waals surface area contributed by atoms with E-state index in [9.17, 15) is 22.8 Å². The highest BCUT2D eigenvalue weighted by Crippen LogP contribution is 2.43. The lowest BCUT2D eigenvalue weighted by Crippen LogP contribution is -2.56. The topological polar surface area (TPSA) is 87.2 Å². The maximum absolute atomic E-state index is 14.5. The van der Waals surface area contributed by atoms with E-state index in [4.69, 9.17) is 16.3 Å². The van der Waals surface area contributed by atoms with E-state index in [1.165, 1.54) is 30.3 Å². The van der Waals surface area contributed by atoms with Crippen LogP contribution >= 0.6 is 11.6 Å². The van der Waals surface area contributed by atoms with Crippen molar-refractivity contribution in [2.45, 2.75) is 30.7 Å². The number of fused-ring (bicyclic) bond motifs is 2. The van der Waals surface area contributed by atoms with Crippen LogP contribution in [0.3, 0.4) is 0 Å². The SMILES string of the molecule is Cc1ccc(F)c2c1OC(=O)[C@@H](N1CN(O)c3cc(Cl)ccc3S1(=O)=O)[C@@H]2C. The predicted octanol–water partition coefficient (Wildman–Crippen LogP) is 3.04. The lowest BCUT2D eigenvalue weighted by atomic mass is 9.88. The van der Waals surface area contributed by atoms with Crippen LogP contribution in [0.4, 0.5) is 10.1 Å². The second-order valence-electron chi connectivity index (χ2n) is 6.81. The van der Waals surface area contributed by atoms with Crippen molar-refractivity contribution in [3.63, 3.8) is 0 Å². The number of hydrogen-bond acceptors (Lipinski definition) is 6. The highest BCUT2D eigenvalue weighted by Gasteiger charge is 2.49. The molecule has 2 atom stereocenters. The molecule has 2 aliphatic rings. The zero-order chi connectivity index (χ0) is 20.4. The van der Waals surface area contributed by atoms with Crippen LogP contribution in [0.2, 0.25) is 5.02 Å². The second-order valence-corrected chi connectivity index (χ2v) is 9.10. The van der Waals surface area contributed by atoms with Gasteiger partial charge in [0.15, 0.2) is 0 Å². The average Bonchev–Trinajstić information content (AvgIpc) is 2.62. The summed E-state index contributed by atoms with van der Waals surface area (Å²) in [6.45, 7) is 2.70. The molecule has 0 fully saturated rings. The lowest BCUT2D eigenvalue weighted by Gasteiger charge is -2.41. The van der Waals surface area contributed by atoms with Gasteiger partial charge in [-0.3, -0.25) is 5.21 Å². The maximum Gasteiger partial charge on any atom is 0.330 e. The van der Waals surface area contributed by atoms with E-state index < -0.39 is 40.4 Å². The van der Waals surface area contributed by atoms with Crippen molar-refractivity contribution in [1.82, 2.24) is 4.31 Å². The number of esters is 1. The van der Waals surface area contributed by atoms with Gasteiger partial charge in [-0.05, 0) is 36.8 Å². The normalized spacial score (nSPS) is 23.8. The Labute approximate surface area is 165 Å². The third kappa shape index (κ3) is 2.69. The molecule has 2 aliphatic heterocycles. The minimum atomic E-state index is -4.17. The molecule has 28 heavy (non-hydrogen) atoms. The van der Waals surface area contributed by atoms with Crippen molar-refractivity contribution in [1.29, 1.82) is 0 Å². The Hall–Kier alpha value is -2.20. The Morgan fingerprint density at radius 2 is 2.00 bits per heavy atom. The first kappa shape index (κ1) is 19.1. The molecule has 0 radical (unpaired) electrons. The number of rotatable bonds is 1. The molecule has 0 saturated heterocycles. The van der Waals surface area contributed by atoms with Gasteiger partial charge in [0, 0.05) is 16.5 Å². The minimum Gasteiger partial charge on any atom is -0.425 e. The Balaban J connectivity index is 1.84. The van der Waals surface area contributed by atoms with Gasteiger partial charge in [-0.25, -0.2) is 22.7 Å². The summed E-state index contributed by atoms with van der Waals surface area (Å²) in [5.74, 6) is -2.14. The van der Waals surface area contributed by atoms with Gasteiger partial charge in [-0.2, -0.15) is 4.31 Å². The Bertz CT molecular complexity index is 1110. The summed E-state index contributed by atoms with van der Waals surface area (Å²) in [5.41, 5.74) is 0.703. The Morgan fingerprint density at radius 3 is 2.71 bits per heavy atom. The third-order valence-corrected chi connectivity index (χ3v) is 7.18. The molecule has 2 heterocycles. The lowest BCUT2D eigenvalue weighted by molar-refractivity contribution is -0.141. The van der Waals surface area contributed by atoms with Gasteiger partial charge in [0.2, 0.25) is 10.0 Å². The van der Waals surface area contributed by atoms with E-state index in [-0.39, 0.29) is 26.9 Å². The first-order valence-electron chi connectivity index (χ1n) is 8.41. The van der Waals surface area contributed by atoms with Crippen LogP contribution in [0.25, 0.3) is 0 Å². The summed E-state index contributed by atoms with van der Waals surface area (Å²) in [6, 6.07) is 5.33. The van der Waals surface area contributed by atoms with Gasteiger partial charge in [-0.1, -0.05) is 24.6 Å². The van der Waals surface area contributed by atoms with Crippen LogP contribution in [0.15, 0.2) is 35.2 Å². The molecule has 0 amide bonds. The quantitative estimate of drug-likeness (QED) is 0.557. The minimum absolute atomic E-state index is 0.00278. The van der Waals surface area contributed by atoms with Crippen molar-refractivity contribution in [3.8, 4) is 5.75 Å². The van der Waals surface area contributed by atoms with Crippen molar-refractivity contribution in [3.05, 3.63) is 52.3 Å². The summed E-state index contributed by atoms with van der Waals surface area (Å²) in [5, 5.41) is 11.3. The largest absolute Gasteiger partial charge is 0.425 e. The number of aryl methyl sites for hydroxylation is 1. The second kappa shape index (κ2) is 6.41. The number of hydrogen-bond donors (Lipinski definition) is 1. The van der Waals surface area contributed by atoms with Crippen molar-refractivity contribution >= 4 is 33.3 Å². The number of sulfonamides is 1. The number of hydroxylamine groups is 1. The standard InChI is InChI=1S/C18H16ClFN2O5S/c1-9-3-5-12(20)15-10(2)16(18(23)27-17(9)15)22-8-21(24)13-7-11(19)4-6-14(13)28(22,25)26/h3-7,10,16,24H,8H2,1-2H3/t10-,16+/m1/s1. The molecule has 4 rings (SSSR count). The van der Waals surface area contributed by atoms with Crippen LogP contribution in [0, 0.1) is 12.7 Å². The van der Waals surface area contributed by atoms with Gasteiger partial charge in [0.05, 0.1) is 5.69 Å². The molecule has 10 heteroatoms. The molecule has 1 N–H and O–H groups in total. The number of nitrogens with zero attached hydrogens (tertiary/aromatic N) is 2. The van der Waals surface area contributed by atoms with Gasteiger partial charge in [-0.15, -0.1) is 0 Å². The van der Waals surface area contributed by atoms with E-state index in [1.54, 1.807) is 13.8 Å². The molecule has 0 aromatic heterocycles. The Morgan fingerprint density at radius 1 is 1.29 bits per heavy atom. The smallest absolute Gasteiger partial charge is 0.330 e. The van der Waals surface area contributed by atoms with Crippen LogP contribution < -0.4 is 9.80 Å². The zero-order valence-corrected chi connectivity index (χ0v) is 16.5. The molecule has 2 aromatic carbocycles. The molecule has 0 unspecified atom stereocenters. The Kier molecular flexibility index (Phi) is 4.38. The van der Waals surface area contributed by atoms with Gasteiger partial charge < -0.3 is 4.74 Å².